The van der Waals surface area contributed by atoms with Crippen molar-refractivity contribution in [3.8, 4) is 0 Å². The Morgan fingerprint density at radius 3 is 1.82 bits per heavy atom. The third-order valence-corrected chi connectivity index (χ3v) is 4.93. The van der Waals surface area contributed by atoms with Crippen molar-refractivity contribution in [3.05, 3.63) is 0 Å². The molecule has 1 atom stereocenters. The normalized spacial score (nSPS) is 12.6. The van der Waals surface area contributed by atoms with Gasteiger partial charge in [0.2, 0.25) is 0 Å². The third-order valence-electron chi connectivity index (χ3n) is 4.13. The van der Waals surface area contributed by atoms with Crippen LogP contribution in [0.15, 0.2) is 0 Å². The molecule has 0 saturated carbocycles. The van der Waals surface area contributed by atoms with Crippen LogP contribution in [-0.2, 0) is 35.4 Å². The van der Waals surface area contributed by atoms with E-state index in [0.717, 1.165) is 64.2 Å². The lowest BCUT2D eigenvalue weighted by atomic mass is 10.1. The van der Waals surface area contributed by atoms with Gasteiger partial charge in [-0.25, -0.2) is 0 Å². The van der Waals surface area contributed by atoms with Gasteiger partial charge in [-0.05, 0) is 24.6 Å². The van der Waals surface area contributed by atoms with E-state index in [9.17, 15) is 19.4 Å². The Morgan fingerprint density at radius 2 is 1.32 bits per heavy atom. The molecule has 0 fully saturated rings. The van der Waals surface area contributed by atoms with Gasteiger partial charge in [0.15, 0.2) is 6.10 Å². The Morgan fingerprint density at radius 1 is 0.821 bits per heavy atom. The zero-order chi connectivity index (χ0) is 21.3. The minimum absolute atomic E-state index is 0.190. The van der Waals surface area contributed by atoms with E-state index < -0.39 is 18.8 Å². The first-order valence-corrected chi connectivity index (χ1v) is 13.0. The highest BCUT2D eigenvalue weighted by Crippen LogP contribution is 2.36. The van der Waals surface area contributed by atoms with Crippen molar-refractivity contribution in [1.82, 2.24) is 0 Å². The number of carbonyl (C=O) groups is 2. The number of hydrogen-bond acceptors (Lipinski definition) is 6. The Labute approximate surface area is 174 Å². The molecule has 0 radical (unpaired) electrons. The van der Waals surface area contributed by atoms with Crippen LogP contribution in [0, 0.1) is 0 Å². The van der Waals surface area contributed by atoms with Crippen LogP contribution in [0.25, 0.3) is 0 Å². The maximum atomic E-state index is 12.0. The van der Waals surface area contributed by atoms with Crippen molar-refractivity contribution in [3.63, 3.8) is 0 Å². The van der Waals surface area contributed by atoms with Gasteiger partial charge >= 0.3 is 18.7 Å². The summed E-state index contributed by atoms with van der Waals surface area (Å²) in [6.07, 6.45) is 9.78. The molecule has 0 amide bonds. The number of carbonyl (C=O) groups excluding carboxylic acids is 2. The molecule has 28 heavy (non-hydrogen) atoms. The molecule has 0 heterocycles. The standard InChI is InChI=1S/C19H37O7PS/c1-3-5-7-9-11-13-18(20)24-15-17(16-25-27(22,23)28)26-19(21)14-12-10-8-6-4-2/h17H,3-16H2,1-2H3,(H2,22,23,28)/t17-/m0/s1. The molecule has 0 rings (SSSR count). The Kier molecular flexibility index (Phi) is 17.0. The molecule has 7 nitrogen and oxygen atoms in total. The summed E-state index contributed by atoms with van der Waals surface area (Å²) in [5.74, 6) is -0.797. The molecule has 0 saturated heterocycles. The van der Waals surface area contributed by atoms with Gasteiger partial charge in [-0.2, -0.15) is 0 Å². The second kappa shape index (κ2) is 17.3. The first-order valence-electron chi connectivity index (χ1n) is 10.3. The van der Waals surface area contributed by atoms with E-state index in [4.69, 9.17) is 14.0 Å². The van der Waals surface area contributed by atoms with Gasteiger partial charge in [0.1, 0.15) is 6.61 Å². The van der Waals surface area contributed by atoms with Crippen LogP contribution in [0.1, 0.15) is 90.9 Å². The summed E-state index contributed by atoms with van der Waals surface area (Å²) in [5, 5.41) is 0. The van der Waals surface area contributed by atoms with E-state index >= 15 is 0 Å². The molecule has 166 valence electrons. The monoisotopic (exact) mass is 440 g/mol. The molecular formula is C19H37O7PS. The Hall–Kier alpha value is -0.530. The maximum absolute atomic E-state index is 12.0. The van der Waals surface area contributed by atoms with Gasteiger partial charge in [0.25, 0.3) is 0 Å². The average Bonchev–Trinajstić information content (AvgIpc) is 2.63. The zero-order valence-electron chi connectivity index (χ0n) is 17.3. The van der Waals surface area contributed by atoms with Gasteiger partial charge in [-0.15, -0.1) is 0 Å². The van der Waals surface area contributed by atoms with Crippen LogP contribution < -0.4 is 0 Å². The predicted molar refractivity (Wildman–Crippen MR) is 112 cm³/mol. The van der Waals surface area contributed by atoms with Gasteiger partial charge in [0, 0.05) is 12.8 Å². The molecular weight excluding hydrogens is 403 g/mol. The topological polar surface area (TPSA) is 102 Å². The second-order valence-corrected chi connectivity index (χ2v) is 9.58. The van der Waals surface area contributed by atoms with Crippen molar-refractivity contribution in [2.24, 2.45) is 0 Å². The molecule has 9 heteroatoms. The summed E-state index contributed by atoms with van der Waals surface area (Å²) in [4.78, 5) is 42.2. The molecule has 0 aromatic heterocycles. The summed E-state index contributed by atoms with van der Waals surface area (Å²) < 4.78 is 15.2. The minimum atomic E-state index is -3.87. The lowest BCUT2D eigenvalue weighted by molar-refractivity contribution is -0.161. The number of ether oxygens (including phenoxy) is 2. The van der Waals surface area contributed by atoms with E-state index in [1.165, 1.54) is 0 Å². The molecule has 0 aromatic carbocycles. The Bertz CT molecular complexity index is 467. The summed E-state index contributed by atoms with van der Waals surface area (Å²) in [6, 6.07) is 0. The highest BCUT2D eigenvalue weighted by Gasteiger charge is 2.20. The molecule has 0 unspecified atom stereocenters. The summed E-state index contributed by atoms with van der Waals surface area (Å²) in [6.45, 7) is -0.138. The molecule has 0 aromatic rings. The smallest absolute Gasteiger partial charge is 0.322 e. The molecule has 0 aliphatic carbocycles. The van der Waals surface area contributed by atoms with Crippen LogP contribution in [0.5, 0.6) is 0 Å². The van der Waals surface area contributed by atoms with Crippen LogP contribution in [0.4, 0.5) is 0 Å². The summed E-state index contributed by atoms with van der Waals surface area (Å²) >= 11 is 4.41. The first kappa shape index (κ1) is 27.5. The van der Waals surface area contributed by atoms with E-state index in [-0.39, 0.29) is 25.6 Å². The summed E-state index contributed by atoms with van der Waals surface area (Å²) in [7, 11) is 0. The highest BCUT2D eigenvalue weighted by atomic mass is 32.5. The minimum Gasteiger partial charge on any atom is -0.462 e. The number of esters is 2. The number of unbranched alkanes of at least 4 members (excludes halogenated alkanes) is 8. The Balaban J connectivity index is 4.26. The van der Waals surface area contributed by atoms with Gasteiger partial charge in [-0.3, -0.25) is 9.59 Å². The van der Waals surface area contributed by atoms with E-state index in [2.05, 4.69) is 25.7 Å². The molecule has 0 aliphatic rings. The second-order valence-electron chi connectivity index (χ2n) is 6.91. The SMILES string of the molecule is CCCCCCCC(=O)OC[C@@H](COP(O)(O)=S)OC(=O)CCCCCCC. The fourth-order valence-corrected chi connectivity index (χ4v) is 3.09. The lowest BCUT2D eigenvalue weighted by Crippen LogP contribution is -2.29. The van der Waals surface area contributed by atoms with Gasteiger partial charge < -0.3 is 23.8 Å². The van der Waals surface area contributed by atoms with Crippen molar-refractivity contribution in [2.45, 2.75) is 97.0 Å². The quantitative estimate of drug-likeness (QED) is 0.184. The van der Waals surface area contributed by atoms with Crippen molar-refractivity contribution in [2.75, 3.05) is 13.2 Å². The van der Waals surface area contributed by atoms with E-state index in [0.29, 0.717) is 6.42 Å². The number of rotatable bonds is 18. The van der Waals surface area contributed by atoms with E-state index in [1.807, 2.05) is 0 Å². The van der Waals surface area contributed by atoms with Gasteiger partial charge in [0.05, 0.1) is 6.61 Å². The van der Waals surface area contributed by atoms with Crippen molar-refractivity contribution >= 4 is 30.5 Å². The summed E-state index contributed by atoms with van der Waals surface area (Å²) in [5.41, 5.74) is 0. The molecule has 0 spiro atoms. The maximum Gasteiger partial charge on any atom is 0.322 e. The van der Waals surface area contributed by atoms with Crippen molar-refractivity contribution < 1.29 is 33.4 Å². The molecule has 2 N–H and O–H groups in total. The zero-order valence-corrected chi connectivity index (χ0v) is 19.0. The lowest BCUT2D eigenvalue weighted by Gasteiger charge is -2.19. The first-order chi connectivity index (χ1) is 13.3. The van der Waals surface area contributed by atoms with Crippen molar-refractivity contribution in [1.29, 1.82) is 0 Å². The molecule has 0 bridgehead atoms. The van der Waals surface area contributed by atoms with Crippen LogP contribution in [-0.4, -0.2) is 41.0 Å². The third kappa shape index (κ3) is 18.8. The predicted octanol–water partition coefficient (Wildman–Crippen LogP) is 4.39. The van der Waals surface area contributed by atoms with Crippen LogP contribution >= 0.6 is 6.72 Å². The fourth-order valence-electron chi connectivity index (χ4n) is 2.55. The van der Waals surface area contributed by atoms with Crippen LogP contribution in [0.3, 0.4) is 0 Å². The van der Waals surface area contributed by atoms with Gasteiger partial charge in [-0.1, -0.05) is 65.2 Å². The highest BCUT2D eigenvalue weighted by molar-refractivity contribution is 8.06. The average molecular weight is 441 g/mol. The number of hydrogen-bond donors (Lipinski definition) is 2. The fraction of sp³-hybridized carbons (Fsp3) is 0.895. The van der Waals surface area contributed by atoms with E-state index in [1.54, 1.807) is 0 Å². The largest absolute Gasteiger partial charge is 0.462 e. The van der Waals surface area contributed by atoms with Crippen LogP contribution in [0.2, 0.25) is 0 Å². The molecule has 0 aliphatic heterocycles.